The summed E-state index contributed by atoms with van der Waals surface area (Å²) in [5.41, 5.74) is 1.20. The molecule has 0 rings (SSSR count). The molecule has 0 aliphatic rings. The lowest BCUT2D eigenvalue weighted by Gasteiger charge is -2.04. The second-order valence-corrected chi connectivity index (χ2v) is 3.55. The van der Waals surface area contributed by atoms with Crippen molar-refractivity contribution >= 4 is 5.78 Å². The maximum absolute atomic E-state index is 10.7. The van der Waals surface area contributed by atoms with Crippen molar-refractivity contribution in [2.24, 2.45) is 0 Å². The van der Waals surface area contributed by atoms with Crippen LogP contribution < -0.4 is 0 Å². The van der Waals surface area contributed by atoms with E-state index < -0.39 is 0 Å². The Balaban J connectivity index is 3.68. The SMILES string of the molecule is CC[C@H](O)C/C=C(\C)CCC(C)=O. The Kier molecular flexibility index (Phi) is 6.51. The molecule has 0 aliphatic carbocycles. The van der Waals surface area contributed by atoms with Crippen LogP contribution in [0, 0.1) is 0 Å². The molecule has 76 valence electrons. The zero-order valence-corrected chi connectivity index (χ0v) is 8.84. The van der Waals surface area contributed by atoms with Crippen LogP contribution in [0.3, 0.4) is 0 Å². The number of carbonyl (C=O) groups is 1. The van der Waals surface area contributed by atoms with Gasteiger partial charge < -0.3 is 9.90 Å². The molecular formula is C11H20O2. The highest BCUT2D eigenvalue weighted by Gasteiger charge is 1.98. The maximum Gasteiger partial charge on any atom is 0.130 e. The summed E-state index contributed by atoms with van der Waals surface area (Å²) in [6, 6.07) is 0. The standard InChI is InChI=1S/C11H20O2/c1-4-11(13)8-6-9(2)5-7-10(3)12/h6,11,13H,4-5,7-8H2,1-3H3/b9-6+/t11-/m0/s1. The molecule has 0 amide bonds. The van der Waals surface area contributed by atoms with Crippen LogP contribution in [0.2, 0.25) is 0 Å². The summed E-state index contributed by atoms with van der Waals surface area (Å²) in [5.74, 6) is 0.226. The van der Waals surface area contributed by atoms with Crippen LogP contribution in [-0.4, -0.2) is 17.0 Å². The highest BCUT2D eigenvalue weighted by atomic mass is 16.3. The fourth-order valence-electron chi connectivity index (χ4n) is 0.979. The summed E-state index contributed by atoms with van der Waals surface area (Å²) in [6.07, 6.45) is 4.73. The monoisotopic (exact) mass is 184 g/mol. The number of rotatable bonds is 6. The quantitative estimate of drug-likeness (QED) is 0.644. The van der Waals surface area contributed by atoms with Crippen molar-refractivity contribution < 1.29 is 9.90 Å². The number of Topliss-reactive ketones (excluding diaryl/α,β-unsaturated/α-hetero) is 1. The van der Waals surface area contributed by atoms with E-state index in [2.05, 4.69) is 0 Å². The number of ketones is 1. The zero-order valence-electron chi connectivity index (χ0n) is 8.84. The summed E-state index contributed by atoms with van der Waals surface area (Å²) in [6.45, 7) is 5.57. The van der Waals surface area contributed by atoms with Gasteiger partial charge in [0.15, 0.2) is 0 Å². The van der Waals surface area contributed by atoms with Gasteiger partial charge in [0.05, 0.1) is 6.10 Å². The number of allylic oxidation sites excluding steroid dienone is 1. The van der Waals surface area contributed by atoms with Gasteiger partial charge in [-0.05, 0) is 33.1 Å². The molecule has 2 nitrogen and oxygen atoms in total. The molecule has 1 N–H and O–H groups in total. The predicted molar refractivity (Wildman–Crippen MR) is 54.6 cm³/mol. The molecule has 13 heavy (non-hydrogen) atoms. The molecule has 0 aromatic carbocycles. The first-order valence-electron chi connectivity index (χ1n) is 4.89. The van der Waals surface area contributed by atoms with E-state index in [9.17, 15) is 9.90 Å². The molecule has 0 aliphatic heterocycles. The second kappa shape index (κ2) is 6.84. The largest absolute Gasteiger partial charge is 0.393 e. The van der Waals surface area contributed by atoms with E-state index in [-0.39, 0.29) is 11.9 Å². The Morgan fingerprint density at radius 2 is 2.00 bits per heavy atom. The minimum Gasteiger partial charge on any atom is -0.393 e. The van der Waals surface area contributed by atoms with Crippen LogP contribution >= 0.6 is 0 Å². The summed E-state index contributed by atoms with van der Waals surface area (Å²) in [7, 11) is 0. The van der Waals surface area contributed by atoms with E-state index >= 15 is 0 Å². The smallest absolute Gasteiger partial charge is 0.130 e. The van der Waals surface area contributed by atoms with Crippen LogP contribution in [-0.2, 0) is 4.79 Å². The number of aliphatic hydroxyl groups is 1. The average molecular weight is 184 g/mol. The van der Waals surface area contributed by atoms with Crippen molar-refractivity contribution in [1.29, 1.82) is 0 Å². The van der Waals surface area contributed by atoms with Crippen LogP contribution in [0.5, 0.6) is 0 Å². The fraction of sp³-hybridized carbons (Fsp3) is 0.727. The lowest BCUT2D eigenvalue weighted by Crippen LogP contribution is -2.02. The normalized spacial score (nSPS) is 14.3. The Morgan fingerprint density at radius 3 is 2.46 bits per heavy atom. The average Bonchev–Trinajstić information content (AvgIpc) is 2.10. The van der Waals surface area contributed by atoms with E-state index in [0.29, 0.717) is 12.8 Å². The van der Waals surface area contributed by atoms with Gasteiger partial charge in [-0.3, -0.25) is 0 Å². The van der Waals surface area contributed by atoms with Gasteiger partial charge in [-0.25, -0.2) is 0 Å². The third-order valence-electron chi connectivity index (χ3n) is 2.08. The van der Waals surface area contributed by atoms with Crippen molar-refractivity contribution in [2.45, 2.75) is 52.6 Å². The predicted octanol–water partition coefficient (Wildman–Crippen LogP) is 2.46. The highest BCUT2D eigenvalue weighted by Crippen LogP contribution is 2.07. The topological polar surface area (TPSA) is 37.3 Å². The molecule has 0 radical (unpaired) electrons. The molecule has 0 spiro atoms. The number of aliphatic hydroxyl groups excluding tert-OH is 1. The Morgan fingerprint density at radius 1 is 1.38 bits per heavy atom. The third-order valence-corrected chi connectivity index (χ3v) is 2.08. The lowest BCUT2D eigenvalue weighted by molar-refractivity contribution is -0.116. The van der Waals surface area contributed by atoms with E-state index in [1.54, 1.807) is 6.92 Å². The van der Waals surface area contributed by atoms with Gasteiger partial charge in [0.2, 0.25) is 0 Å². The summed E-state index contributed by atoms with van der Waals surface area (Å²) < 4.78 is 0. The van der Waals surface area contributed by atoms with Crippen molar-refractivity contribution in [3.63, 3.8) is 0 Å². The minimum absolute atomic E-state index is 0.226. The number of carbonyl (C=O) groups excluding carboxylic acids is 1. The van der Waals surface area contributed by atoms with Crippen molar-refractivity contribution in [1.82, 2.24) is 0 Å². The van der Waals surface area contributed by atoms with Crippen LogP contribution in [0.4, 0.5) is 0 Å². The lowest BCUT2D eigenvalue weighted by atomic mass is 10.1. The minimum atomic E-state index is -0.229. The molecule has 0 aromatic rings. The van der Waals surface area contributed by atoms with E-state index in [1.807, 2.05) is 19.9 Å². The van der Waals surface area contributed by atoms with Gasteiger partial charge in [0, 0.05) is 6.42 Å². The van der Waals surface area contributed by atoms with Gasteiger partial charge in [0.1, 0.15) is 5.78 Å². The Hall–Kier alpha value is -0.630. The molecule has 0 saturated carbocycles. The second-order valence-electron chi connectivity index (χ2n) is 3.55. The molecule has 0 aromatic heterocycles. The van der Waals surface area contributed by atoms with Crippen molar-refractivity contribution in [3.05, 3.63) is 11.6 Å². The van der Waals surface area contributed by atoms with Gasteiger partial charge in [0.25, 0.3) is 0 Å². The Bertz CT molecular complexity index is 183. The van der Waals surface area contributed by atoms with E-state index in [4.69, 9.17) is 0 Å². The molecule has 0 fully saturated rings. The molecule has 0 saturated heterocycles. The van der Waals surface area contributed by atoms with Gasteiger partial charge in [-0.15, -0.1) is 0 Å². The molecule has 2 heteroatoms. The molecule has 0 bridgehead atoms. The first-order chi connectivity index (χ1) is 6.06. The molecular weight excluding hydrogens is 164 g/mol. The molecule has 0 heterocycles. The maximum atomic E-state index is 10.7. The van der Waals surface area contributed by atoms with Gasteiger partial charge in [-0.1, -0.05) is 18.6 Å². The zero-order chi connectivity index (χ0) is 10.3. The number of hydrogen-bond donors (Lipinski definition) is 1. The first-order valence-corrected chi connectivity index (χ1v) is 4.89. The fourth-order valence-corrected chi connectivity index (χ4v) is 0.979. The van der Waals surface area contributed by atoms with Crippen LogP contribution in [0.1, 0.15) is 46.5 Å². The van der Waals surface area contributed by atoms with Crippen molar-refractivity contribution in [3.8, 4) is 0 Å². The summed E-state index contributed by atoms with van der Waals surface area (Å²) in [4.78, 5) is 10.7. The number of hydrogen-bond acceptors (Lipinski definition) is 2. The van der Waals surface area contributed by atoms with Crippen LogP contribution in [0.25, 0.3) is 0 Å². The third kappa shape index (κ3) is 7.72. The Labute approximate surface area is 80.7 Å². The molecule has 1 atom stereocenters. The van der Waals surface area contributed by atoms with E-state index in [1.165, 1.54) is 5.57 Å². The van der Waals surface area contributed by atoms with E-state index in [0.717, 1.165) is 12.8 Å². The van der Waals surface area contributed by atoms with Gasteiger partial charge >= 0.3 is 0 Å². The summed E-state index contributed by atoms with van der Waals surface area (Å²) >= 11 is 0. The van der Waals surface area contributed by atoms with Gasteiger partial charge in [-0.2, -0.15) is 0 Å². The molecule has 0 unspecified atom stereocenters. The van der Waals surface area contributed by atoms with Crippen molar-refractivity contribution in [2.75, 3.05) is 0 Å². The van der Waals surface area contributed by atoms with Crippen LogP contribution in [0.15, 0.2) is 11.6 Å². The summed E-state index contributed by atoms with van der Waals surface area (Å²) in [5, 5.41) is 9.27. The first kappa shape index (κ1) is 12.4. The highest BCUT2D eigenvalue weighted by molar-refractivity contribution is 5.75.